The van der Waals surface area contributed by atoms with Crippen LogP contribution >= 0.6 is 0 Å². The van der Waals surface area contributed by atoms with Gasteiger partial charge in [-0.05, 0) is 19.3 Å². The zero-order valence-corrected chi connectivity index (χ0v) is 8.91. The number of ether oxygens (including phenoxy) is 1. The van der Waals surface area contributed by atoms with Crippen molar-refractivity contribution >= 4 is 11.7 Å². The number of amides is 1. The number of ketones is 1. The van der Waals surface area contributed by atoms with Gasteiger partial charge in [0, 0.05) is 25.4 Å². The van der Waals surface area contributed by atoms with Crippen molar-refractivity contribution in [2.45, 2.75) is 25.7 Å². The van der Waals surface area contributed by atoms with Crippen molar-refractivity contribution < 1.29 is 14.3 Å². The lowest BCUT2D eigenvalue weighted by molar-refractivity contribution is -0.143. The summed E-state index contributed by atoms with van der Waals surface area (Å²) in [5.41, 5.74) is 0. The smallest absolute Gasteiger partial charge is 0.248 e. The molecule has 1 aliphatic carbocycles. The highest BCUT2D eigenvalue weighted by molar-refractivity contribution is 5.83. The van der Waals surface area contributed by atoms with Crippen LogP contribution in [0.1, 0.15) is 25.7 Å². The third-order valence-electron chi connectivity index (χ3n) is 3.26. The summed E-state index contributed by atoms with van der Waals surface area (Å²) in [7, 11) is 0. The fourth-order valence-electron chi connectivity index (χ4n) is 2.29. The van der Waals surface area contributed by atoms with E-state index in [2.05, 4.69) is 0 Å². The predicted molar refractivity (Wildman–Crippen MR) is 54.4 cm³/mol. The Balaban J connectivity index is 1.76. The molecule has 1 atom stereocenters. The van der Waals surface area contributed by atoms with Crippen LogP contribution in [0.5, 0.6) is 0 Å². The molecule has 1 amide bonds. The number of morpholine rings is 1. The Morgan fingerprint density at radius 3 is 2.93 bits per heavy atom. The van der Waals surface area contributed by atoms with Gasteiger partial charge in [0.1, 0.15) is 12.4 Å². The van der Waals surface area contributed by atoms with E-state index in [-0.39, 0.29) is 18.4 Å². The lowest BCUT2D eigenvalue weighted by Gasteiger charge is -2.27. The van der Waals surface area contributed by atoms with E-state index >= 15 is 0 Å². The molecule has 4 nitrogen and oxygen atoms in total. The van der Waals surface area contributed by atoms with E-state index in [0.29, 0.717) is 18.9 Å². The zero-order chi connectivity index (χ0) is 10.7. The molecule has 84 valence electrons. The van der Waals surface area contributed by atoms with Gasteiger partial charge in [0.15, 0.2) is 0 Å². The maximum atomic E-state index is 11.4. The maximum absolute atomic E-state index is 11.4. The van der Waals surface area contributed by atoms with Gasteiger partial charge in [-0.25, -0.2) is 0 Å². The van der Waals surface area contributed by atoms with Crippen LogP contribution in [0.25, 0.3) is 0 Å². The van der Waals surface area contributed by atoms with Crippen LogP contribution in [0.15, 0.2) is 0 Å². The van der Waals surface area contributed by atoms with Crippen LogP contribution < -0.4 is 0 Å². The SMILES string of the molecule is O=C1CCCC1CCN1CCOCC1=O. The summed E-state index contributed by atoms with van der Waals surface area (Å²) in [5.74, 6) is 0.656. The van der Waals surface area contributed by atoms with E-state index in [9.17, 15) is 9.59 Å². The molecular formula is C11H17NO3. The summed E-state index contributed by atoms with van der Waals surface area (Å²) in [5, 5.41) is 0. The van der Waals surface area contributed by atoms with Crippen molar-refractivity contribution in [3.05, 3.63) is 0 Å². The van der Waals surface area contributed by atoms with Crippen molar-refractivity contribution in [2.75, 3.05) is 26.3 Å². The van der Waals surface area contributed by atoms with Gasteiger partial charge in [0.25, 0.3) is 0 Å². The summed E-state index contributed by atoms with van der Waals surface area (Å²) in [4.78, 5) is 24.6. The Hall–Kier alpha value is -0.900. The second-order valence-corrected chi connectivity index (χ2v) is 4.28. The van der Waals surface area contributed by atoms with E-state index in [1.165, 1.54) is 0 Å². The van der Waals surface area contributed by atoms with Gasteiger partial charge in [-0.15, -0.1) is 0 Å². The van der Waals surface area contributed by atoms with Gasteiger partial charge >= 0.3 is 0 Å². The largest absolute Gasteiger partial charge is 0.370 e. The minimum atomic E-state index is 0.0618. The molecule has 2 fully saturated rings. The molecule has 1 saturated carbocycles. The molecule has 1 saturated heterocycles. The molecule has 0 radical (unpaired) electrons. The van der Waals surface area contributed by atoms with Crippen molar-refractivity contribution in [3.8, 4) is 0 Å². The highest BCUT2D eigenvalue weighted by Crippen LogP contribution is 2.24. The molecule has 2 aliphatic rings. The Bertz CT molecular complexity index is 265. The predicted octanol–water partition coefficient (Wildman–Crippen LogP) is 0.605. The van der Waals surface area contributed by atoms with Crippen molar-refractivity contribution in [1.82, 2.24) is 4.90 Å². The molecule has 1 aliphatic heterocycles. The van der Waals surface area contributed by atoms with Crippen LogP contribution in [0.3, 0.4) is 0 Å². The zero-order valence-electron chi connectivity index (χ0n) is 8.91. The second kappa shape index (κ2) is 4.75. The lowest BCUT2D eigenvalue weighted by Crippen LogP contribution is -2.42. The van der Waals surface area contributed by atoms with Crippen LogP contribution in [0, 0.1) is 5.92 Å². The molecule has 4 heteroatoms. The fraction of sp³-hybridized carbons (Fsp3) is 0.818. The lowest BCUT2D eigenvalue weighted by atomic mass is 10.0. The van der Waals surface area contributed by atoms with Gasteiger partial charge in [-0.2, -0.15) is 0 Å². The molecule has 15 heavy (non-hydrogen) atoms. The number of Topliss-reactive ketones (excluding diaryl/α,β-unsaturated/α-hetero) is 1. The Morgan fingerprint density at radius 1 is 1.40 bits per heavy atom. The second-order valence-electron chi connectivity index (χ2n) is 4.28. The van der Waals surface area contributed by atoms with Crippen molar-refractivity contribution in [2.24, 2.45) is 5.92 Å². The Morgan fingerprint density at radius 2 is 2.27 bits per heavy atom. The van der Waals surface area contributed by atoms with E-state index in [4.69, 9.17) is 4.74 Å². The number of hydrogen-bond donors (Lipinski definition) is 0. The van der Waals surface area contributed by atoms with Gasteiger partial charge in [-0.1, -0.05) is 0 Å². The van der Waals surface area contributed by atoms with Gasteiger partial charge in [0.2, 0.25) is 5.91 Å². The van der Waals surface area contributed by atoms with Crippen molar-refractivity contribution in [3.63, 3.8) is 0 Å². The van der Waals surface area contributed by atoms with Gasteiger partial charge in [-0.3, -0.25) is 9.59 Å². The molecular weight excluding hydrogens is 194 g/mol. The summed E-state index contributed by atoms with van der Waals surface area (Å²) < 4.78 is 5.05. The number of carbonyl (C=O) groups is 2. The van der Waals surface area contributed by atoms with Crippen LogP contribution in [0.2, 0.25) is 0 Å². The number of rotatable bonds is 3. The van der Waals surface area contributed by atoms with Gasteiger partial charge < -0.3 is 9.64 Å². The highest BCUT2D eigenvalue weighted by atomic mass is 16.5. The molecule has 2 rings (SSSR count). The number of nitrogens with zero attached hydrogens (tertiary/aromatic N) is 1. The average molecular weight is 211 g/mol. The third-order valence-corrected chi connectivity index (χ3v) is 3.26. The van der Waals surface area contributed by atoms with E-state index < -0.39 is 0 Å². The molecule has 0 bridgehead atoms. The summed E-state index contributed by atoms with van der Waals surface area (Å²) in [6.45, 7) is 2.24. The monoisotopic (exact) mass is 211 g/mol. The molecule has 0 aromatic carbocycles. The third kappa shape index (κ3) is 2.56. The first kappa shape index (κ1) is 10.6. The van der Waals surface area contributed by atoms with E-state index in [0.717, 1.165) is 32.2 Å². The number of hydrogen-bond acceptors (Lipinski definition) is 3. The minimum absolute atomic E-state index is 0.0618. The first-order valence-electron chi connectivity index (χ1n) is 5.65. The molecule has 0 aromatic rings. The summed E-state index contributed by atoms with van der Waals surface area (Å²) in [6.07, 6.45) is 3.62. The Kier molecular flexibility index (Phi) is 3.36. The fourth-order valence-corrected chi connectivity index (χ4v) is 2.29. The van der Waals surface area contributed by atoms with E-state index in [1.54, 1.807) is 0 Å². The Labute approximate surface area is 89.6 Å². The molecule has 0 spiro atoms. The summed E-state index contributed by atoms with van der Waals surface area (Å²) >= 11 is 0. The highest BCUT2D eigenvalue weighted by Gasteiger charge is 2.26. The minimum Gasteiger partial charge on any atom is -0.370 e. The quantitative estimate of drug-likeness (QED) is 0.687. The van der Waals surface area contributed by atoms with Crippen LogP contribution in [-0.2, 0) is 14.3 Å². The van der Waals surface area contributed by atoms with Gasteiger partial charge in [0.05, 0.1) is 6.61 Å². The normalized spacial score (nSPS) is 27.5. The topological polar surface area (TPSA) is 46.6 Å². The van der Waals surface area contributed by atoms with Crippen LogP contribution in [-0.4, -0.2) is 42.9 Å². The first-order valence-corrected chi connectivity index (χ1v) is 5.65. The van der Waals surface area contributed by atoms with E-state index in [1.807, 2.05) is 4.90 Å². The maximum Gasteiger partial charge on any atom is 0.248 e. The number of carbonyl (C=O) groups excluding carboxylic acids is 2. The first-order chi connectivity index (χ1) is 7.27. The van der Waals surface area contributed by atoms with Crippen molar-refractivity contribution in [1.29, 1.82) is 0 Å². The summed E-state index contributed by atoms with van der Waals surface area (Å²) in [6, 6.07) is 0. The molecule has 0 N–H and O–H groups in total. The molecule has 1 heterocycles. The average Bonchev–Trinajstić information content (AvgIpc) is 2.63. The van der Waals surface area contributed by atoms with Crippen LogP contribution in [0.4, 0.5) is 0 Å². The molecule has 0 aromatic heterocycles. The standard InChI is InChI=1S/C11H17NO3/c13-10-3-1-2-9(10)4-5-12-6-7-15-8-11(12)14/h9H,1-8H2. The molecule has 1 unspecified atom stereocenters.